The van der Waals surface area contributed by atoms with E-state index in [1.165, 1.54) is 6.33 Å². The molecule has 18 heavy (non-hydrogen) atoms. The number of aromatic nitrogens is 2. The zero-order valence-electron chi connectivity index (χ0n) is 10.3. The fourth-order valence-corrected chi connectivity index (χ4v) is 1.46. The van der Waals surface area contributed by atoms with Crippen LogP contribution in [0.2, 0.25) is 0 Å². The van der Waals surface area contributed by atoms with Crippen LogP contribution < -0.4 is 16.0 Å². The van der Waals surface area contributed by atoms with Crippen molar-refractivity contribution in [3.8, 4) is 0 Å². The summed E-state index contributed by atoms with van der Waals surface area (Å²) in [6.45, 7) is 2.32. The molecule has 0 saturated heterocycles. The van der Waals surface area contributed by atoms with Gasteiger partial charge in [-0.15, -0.1) is 0 Å². The van der Waals surface area contributed by atoms with Crippen molar-refractivity contribution in [2.24, 2.45) is 0 Å². The largest absolute Gasteiger partial charge is 0.467 e. The molecular weight excluding hydrogens is 230 g/mol. The Morgan fingerprint density at radius 2 is 2.00 bits per heavy atom. The Labute approximate surface area is 106 Å². The van der Waals surface area contributed by atoms with E-state index in [0.717, 1.165) is 30.5 Å². The molecular formula is C12H17N5O. The monoisotopic (exact) mass is 247 g/mol. The minimum atomic E-state index is 0.611. The lowest BCUT2D eigenvalue weighted by Crippen LogP contribution is -2.18. The van der Waals surface area contributed by atoms with Gasteiger partial charge in [0.05, 0.1) is 12.8 Å². The van der Waals surface area contributed by atoms with E-state index < -0.39 is 0 Å². The van der Waals surface area contributed by atoms with Crippen LogP contribution in [-0.2, 0) is 6.54 Å². The molecule has 0 amide bonds. The van der Waals surface area contributed by atoms with Crippen molar-refractivity contribution < 1.29 is 4.42 Å². The maximum atomic E-state index is 5.24. The topological polar surface area (TPSA) is 75.0 Å². The third-order valence-corrected chi connectivity index (χ3v) is 2.37. The molecule has 0 spiro atoms. The molecule has 0 fully saturated rings. The van der Waals surface area contributed by atoms with Gasteiger partial charge in [-0.2, -0.15) is 0 Å². The van der Waals surface area contributed by atoms with E-state index in [1.54, 1.807) is 6.26 Å². The van der Waals surface area contributed by atoms with Crippen LogP contribution in [-0.4, -0.2) is 30.1 Å². The molecule has 0 aliphatic rings. The predicted molar refractivity (Wildman–Crippen MR) is 70.5 cm³/mol. The minimum Gasteiger partial charge on any atom is -0.467 e. The van der Waals surface area contributed by atoms with Gasteiger partial charge in [-0.1, -0.05) is 0 Å². The summed E-state index contributed by atoms with van der Waals surface area (Å²) in [6.07, 6.45) is 3.19. The molecule has 96 valence electrons. The highest BCUT2D eigenvalue weighted by atomic mass is 16.3. The maximum Gasteiger partial charge on any atom is 0.131 e. The molecule has 0 radical (unpaired) electrons. The number of nitrogens with one attached hydrogen (secondary N) is 3. The number of likely N-dealkylation sites (N-methyl/N-ethyl adjacent to an activating group) is 1. The van der Waals surface area contributed by atoms with E-state index in [1.807, 2.05) is 25.2 Å². The Morgan fingerprint density at radius 1 is 1.17 bits per heavy atom. The fraction of sp³-hybridized carbons (Fsp3) is 0.333. The molecule has 0 aliphatic carbocycles. The van der Waals surface area contributed by atoms with Gasteiger partial charge in [0.25, 0.3) is 0 Å². The van der Waals surface area contributed by atoms with Crippen molar-refractivity contribution in [1.29, 1.82) is 0 Å². The smallest absolute Gasteiger partial charge is 0.131 e. The first-order valence-electron chi connectivity index (χ1n) is 5.85. The highest BCUT2D eigenvalue weighted by Gasteiger charge is 1.99. The van der Waals surface area contributed by atoms with Crippen LogP contribution in [0.5, 0.6) is 0 Å². The van der Waals surface area contributed by atoms with E-state index in [-0.39, 0.29) is 0 Å². The van der Waals surface area contributed by atoms with Crippen molar-refractivity contribution in [3.05, 3.63) is 36.5 Å². The number of anilines is 2. The van der Waals surface area contributed by atoms with E-state index in [0.29, 0.717) is 6.54 Å². The molecule has 3 N–H and O–H groups in total. The quantitative estimate of drug-likeness (QED) is 0.641. The number of rotatable bonds is 7. The van der Waals surface area contributed by atoms with Crippen LogP contribution in [0.15, 0.2) is 35.2 Å². The second kappa shape index (κ2) is 6.61. The molecule has 0 atom stereocenters. The SMILES string of the molecule is CNCCNc1cc(NCc2ccco2)ncn1. The summed E-state index contributed by atoms with van der Waals surface area (Å²) in [6, 6.07) is 5.65. The van der Waals surface area contributed by atoms with Crippen molar-refractivity contribution in [1.82, 2.24) is 15.3 Å². The first-order valence-corrected chi connectivity index (χ1v) is 5.85. The van der Waals surface area contributed by atoms with Gasteiger partial charge in [0.2, 0.25) is 0 Å². The minimum absolute atomic E-state index is 0.611. The summed E-state index contributed by atoms with van der Waals surface area (Å²) >= 11 is 0. The second-order valence-corrected chi connectivity index (χ2v) is 3.75. The molecule has 0 aromatic carbocycles. The first kappa shape index (κ1) is 12.4. The van der Waals surface area contributed by atoms with Crippen molar-refractivity contribution in [2.75, 3.05) is 30.8 Å². The molecule has 6 nitrogen and oxygen atoms in total. The number of hydrogen-bond acceptors (Lipinski definition) is 6. The van der Waals surface area contributed by atoms with Gasteiger partial charge in [-0.3, -0.25) is 0 Å². The van der Waals surface area contributed by atoms with E-state index in [4.69, 9.17) is 4.42 Å². The fourth-order valence-electron chi connectivity index (χ4n) is 1.46. The summed E-state index contributed by atoms with van der Waals surface area (Å²) < 4.78 is 5.24. The van der Waals surface area contributed by atoms with E-state index in [9.17, 15) is 0 Å². The Morgan fingerprint density at radius 3 is 2.72 bits per heavy atom. The first-order chi connectivity index (χ1) is 8.88. The zero-order chi connectivity index (χ0) is 12.6. The van der Waals surface area contributed by atoms with Gasteiger partial charge in [0, 0.05) is 19.2 Å². The Bertz CT molecular complexity index is 457. The highest BCUT2D eigenvalue weighted by Crippen LogP contribution is 2.10. The molecule has 0 unspecified atom stereocenters. The van der Waals surface area contributed by atoms with Gasteiger partial charge >= 0.3 is 0 Å². The normalized spacial score (nSPS) is 10.3. The summed E-state index contributed by atoms with van der Waals surface area (Å²) in [5, 5.41) is 9.44. The van der Waals surface area contributed by atoms with Crippen LogP contribution in [0, 0.1) is 0 Å². The Balaban J connectivity index is 1.86. The molecule has 0 bridgehead atoms. The lowest BCUT2D eigenvalue weighted by Gasteiger charge is -2.07. The highest BCUT2D eigenvalue weighted by molar-refractivity contribution is 5.46. The van der Waals surface area contributed by atoms with E-state index >= 15 is 0 Å². The molecule has 2 rings (SSSR count). The van der Waals surface area contributed by atoms with Crippen LogP contribution >= 0.6 is 0 Å². The average Bonchev–Trinajstić information content (AvgIpc) is 2.90. The standard InChI is InChI=1S/C12H17N5O/c1-13-4-5-14-11-7-12(17-9-16-11)15-8-10-3-2-6-18-10/h2-3,6-7,9,13H,4-5,8H2,1H3,(H2,14,15,16,17). The molecule has 0 saturated carbocycles. The van der Waals surface area contributed by atoms with Gasteiger partial charge in [-0.25, -0.2) is 9.97 Å². The van der Waals surface area contributed by atoms with Gasteiger partial charge in [0.1, 0.15) is 23.7 Å². The number of nitrogens with zero attached hydrogens (tertiary/aromatic N) is 2. The molecule has 2 aromatic heterocycles. The third kappa shape index (κ3) is 3.74. The van der Waals surface area contributed by atoms with Crippen molar-refractivity contribution >= 4 is 11.6 Å². The van der Waals surface area contributed by atoms with E-state index in [2.05, 4.69) is 25.9 Å². The lowest BCUT2D eigenvalue weighted by atomic mass is 10.4. The summed E-state index contributed by atoms with van der Waals surface area (Å²) in [5.74, 6) is 2.45. The zero-order valence-corrected chi connectivity index (χ0v) is 10.3. The third-order valence-electron chi connectivity index (χ3n) is 2.37. The van der Waals surface area contributed by atoms with Crippen molar-refractivity contribution in [2.45, 2.75) is 6.54 Å². The van der Waals surface area contributed by atoms with Gasteiger partial charge < -0.3 is 20.4 Å². The predicted octanol–water partition coefficient (Wildman–Crippen LogP) is 1.31. The average molecular weight is 247 g/mol. The van der Waals surface area contributed by atoms with Crippen LogP contribution in [0.1, 0.15) is 5.76 Å². The summed E-state index contributed by atoms with van der Waals surface area (Å²) in [7, 11) is 1.91. The van der Waals surface area contributed by atoms with Crippen molar-refractivity contribution in [3.63, 3.8) is 0 Å². The molecule has 0 aliphatic heterocycles. The maximum absolute atomic E-state index is 5.24. The number of hydrogen-bond donors (Lipinski definition) is 3. The van der Waals surface area contributed by atoms with Crippen LogP contribution in [0.4, 0.5) is 11.6 Å². The van der Waals surface area contributed by atoms with Gasteiger partial charge in [-0.05, 0) is 19.2 Å². The molecule has 2 heterocycles. The summed E-state index contributed by atoms with van der Waals surface area (Å²) in [4.78, 5) is 8.29. The van der Waals surface area contributed by atoms with Gasteiger partial charge in [0.15, 0.2) is 0 Å². The Kier molecular flexibility index (Phi) is 4.54. The molecule has 6 heteroatoms. The molecule has 2 aromatic rings. The van der Waals surface area contributed by atoms with Crippen LogP contribution in [0.25, 0.3) is 0 Å². The summed E-state index contributed by atoms with van der Waals surface area (Å²) in [5.41, 5.74) is 0. The lowest BCUT2D eigenvalue weighted by molar-refractivity contribution is 0.518. The van der Waals surface area contributed by atoms with Crippen LogP contribution in [0.3, 0.4) is 0 Å². The number of furan rings is 1. The Hall–Kier alpha value is -2.08. The second-order valence-electron chi connectivity index (χ2n) is 3.75.